The first-order valence-corrected chi connectivity index (χ1v) is 6.94. The van der Waals surface area contributed by atoms with Gasteiger partial charge >= 0.3 is 0 Å². The average Bonchev–Trinajstić information content (AvgIpc) is 2.40. The molecule has 2 aromatic rings. The van der Waals surface area contributed by atoms with Crippen LogP contribution in [0.4, 0.5) is 14.5 Å². The van der Waals surface area contributed by atoms with Gasteiger partial charge in [0.1, 0.15) is 17.4 Å². The first-order chi connectivity index (χ1) is 9.95. The predicted octanol–water partition coefficient (Wildman–Crippen LogP) is 4.93. The van der Waals surface area contributed by atoms with Crippen LogP contribution >= 0.6 is 0 Å². The summed E-state index contributed by atoms with van der Waals surface area (Å²) in [4.78, 5) is 0. The number of nitrogens with one attached hydrogen (secondary N) is 1. The fourth-order valence-electron chi connectivity index (χ4n) is 2.08. The summed E-state index contributed by atoms with van der Waals surface area (Å²) in [6, 6.07) is 10.8. The maximum atomic E-state index is 13.7. The first kappa shape index (κ1) is 15.3. The molecule has 4 heteroatoms. The third-order valence-electron chi connectivity index (χ3n) is 3.04. The van der Waals surface area contributed by atoms with E-state index in [0.29, 0.717) is 5.56 Å². The molecule has 0 aliphatic heterocycles. The van der Waals surface area contributed by atoms with Crippen LogP contribution in [0.2, 0.25) is 0 Å². The molecule has 2 aromatic carbocycles. The summed E-state index contributed by atoms with van der Waals surface area (Å²) >= 11 is 0. The van der Waals surface area contributed by atoms with Crippen molar-refractivity contribution in [1.29, 1.82) is 0 Å². The largest absolute Gasteiger partial charge is 0.491 e. The summed E-state index contributed by atoms with van der Waals surface area (Å²) < 4.78 is 32.2. The highest BCUT2D eigenvalue weighted by molar-refractivity contribution is 5.48. The van der Waals surface area contributed by atoms with E-state index in [1.54, 1.807) is 0 Å². The predicted molar refractivity (Wildman–Crippen MR) is 80.6 cm³/mol. The lowest BCUT2D eigenvalue weighted by Crippen LogP contribution is -2.09. The second-order valence-electron chi connectivity index (χ2n) is 5.22. The van der Waals surface area contributed by atoms with Gasteiger partial charge in [-0.1, -0.05) is 6.07 Å². The van der Waals surface area contributed by atoms with Gasteiger partial charge in [0, 0.05) is 17.3 Å². The Balaban J connectivity index is 2.06. The average molecular weight is 291 g/mol. The van der Waals surface area contributed by atoms with E-state index in [2.05, 4.69) is 5.32 Å². The van der Waals surface area contributed by atoms with Gasteiger partial charge in [-0.2, -0.15) is 0 Å². The van der Waals surface area contributed by atoms with Crippen molar-refractivity contribution in [3.8, 4) is 5.75 Å². The first-order valence-electron chi connectivity index (χ1n) is 6.94. The van der Waals surface area contributed by atoms with E-state index in [-0.39, 0.29) is 12.1 Å². The van der Waals surface area contributed by atoms with Crippen LogP contribution in [0.3, 0.4) is 0 Å². The Bertz CT molecular complexity index is 596. The van der Waals surface area contributed by atoms with E-state index in [1.165, 1.54) is 12.1 Å². The third kappa shape index (κ3) is 4.18. The number of benzene rings is 2. The van der Waals surface area contributed by atoms with Gasteiger partial charge < -0.3 is 10.1 Å². The zero-order valence-electron chi connectivity index (χ0n) is 12.4. The van der Waals surface area contributed by atoms with E-state index in [4.69, 9.17) is 4.74 Å². The molecule has 1 unspecified atom stereocenters. The topological polar surface area (TPSA) is 21.3 Å². The summed E-state index contributed by atoms with van der Waals surface area (Å²) in [5.41, 5.74) is 1.28. The van der Waals surface area contributed by atoms with E-state index < -0.39 is 11.6 Å². The van der Waals surface area contributed by atoms with Gasteiger partial charge in [0.05, 0.1) is 12.1 Å². The van der Waals surface area contributed by atoms with Crippen LogP contribution in [-0.4, -0.2) is 6.10 Å². The molecule has 0 aliphatic rings. The summed E-state index contributed by atoms with van der Waals surface area (Å²) in [6.45, 7) is 5.76. The summed E-state index contributed by atoms with van der Waals surface area (Å²) in [6.07, 6.45) is 0.121. The molecule has 0 saturated carbocycles. The molecular formula is C17H19F2NO. The second kappa shape index (κ2) is 6.57. The minimum Gasteiger partial charge on any atom is -0.491 e. The van der Waals surface area contributed by atoms with Crippen LogP contribution in [0.25, 0.3) is 0 Å². The lowest BCUT2D eigenvalue weighted by atomic mass is 10.1. The van der Waals surface area contributed by atoms with Crippen molar-refractivity contribution >= 4 is 5.69 Å². The Hall–Kier alpha value is -2.10. The molecule has 1 N–H and O–H groups in total. The standard InChI is InChI=1S/C17H19F2NO/c1-11(2)21-15-7-5-14(6-8-15)20-12(3)16-9-4-13(18)10-17(16)19/h4-12,20H,1-3H3. The normalized spacial score (nSPS) is 12.3. The van der Waals surface area contributed by atoms with Gasteiger partial charge in [-0.15, -0.1) is 0 Å². The van der Waals surface area contributed by atoms with Crippen molar-refractivity contribution in [2.45, 2.75) is 32.9 Å². The molecular weight excluding hydrogens is 272 g/mol. The Morgan fingerprint density at radius 3 is 2.19 bits per heavy atom. The smallest absolute Gasteiger partial charge is 0.131 e. The van der Waals surface area contributed by atoms with Crippen LogP contribution in [0, 0.1) is 11.6 Å². The van der Waals surface area contributed by atoms with Crippen molar-refractivity contribution in [2.75, 3.05) is 5.32 Å². The zero-order valence-corrected chi connectivity index (χ0v) is 12.4. The minimum atomic E-state index is -0.571. The van der Waals surface area contributed by atoms with E-state index in [9.17, 15) is 8.78 Å². The highest BCUT2D eigenvalue weighted by Gasteiger charge is 2.11. The molecule has 0 aliphatic carbocycles. The van der Waals surface area contributed by atoms with Gasteiger partial charge in [0.2, 0.25) is 0 Å². The van der Waals surface area contributed by atoms with Gasteiger partial charge in [-0.25, -0.2) is 8.78 Å². The zero-order chi connectivity index (χ0) is 15.4. The summed E-state index contributed by atoms with van der Waals surface area (Å²) in [5, 5.41) is 3.18. The maximum absolute atomic E-state index is 13.7. The highest BCUT2D eigenvalue weighted by Crippen LogP contribution is 2.24. The van der Waals surface area contributed by atoms with Crippen molar-refractivity contribution in [1.82, 2.24) is 0 Å². The monoisotopic (exact) mass is 291 g/mol. The van der Waals surface area contributed by atoms with Crippen LogP contribution in [-0.2, 0) is 0 Å². The van der Waals surface area contributed by atoms with E-state index in [1.807, 2.05) is 45.0 Å². The van der Waals surface area contributed by atoms with E-state index >= 15 is 0 Å². The molecule has 0 amide bonds. The van der Waals surface area contributed by atoms with Gasteiger partial charge in [-0.05, 0) is 51.1 Å². The molecule has 0 heterocycles. The maximum Gasteiger partial charge on any atom is 0.131 e. The summed E-state index contributed by atoms with van der Waals surface area (Å²) in [7, 11) is 0. The quantitative estimate of drug-likeness (QED) is 0.843. The van der Waals surface area contributed by atoms with Gasteiger partial charge in [0.25, 0.3) is 0 Å². The van der Waals surface area contributed by atoms with Crippen molar-refractivity contribution < 1.29 is 13.5 Å². The fraction of sp³-hybridized carbons (Fsp3) is 0.294. The van der Waals surface area contributed by atoms with Crippen LogP contribution in [0.15, 0.2) is 42.5 Å². The lowest BCUT2D eigenvalue weighted by molar-refractivity contribution is 0.242. The molecule has 112 valence electrons. The summed E-state index contributed by atoms with van der Waals surface area (Å²) in [5.74, 6) is -0.329. The number of anilines is 1. The Morgan fingerprint density at radius 1 is 0.952 bits per heavy atom. The molecule has 0 saturated heterocycles. The number of hydrogen-bond donors (Lipinski definition) is 1. The Morgan fingerprint density at radius 2 is 1.62 bits per heavy atom. The van der Waals surface area contributed by atoms with Crippen LogP contribution in [0.1, 0.15) is 32.4 Å². The molecule has 21 heavy (non-hydrogen) atoms. The number of hydrogen-bond acceptors (Lipinski definition) is 2. The fourth-order valence-corrected chi connectivity index (χ4v) is 2.08. The third-order valence-corrected chi connectivity index (χ3v) is 3.04. The molecule has 0 fully saturated rings. The van der Waals surface area contributed by atoms with Crippen molar-refractivity contribution in [2.24, 2.45) is 0 Å². The number of halogens is 2. The van der Waals surface area contributed by atoms with Crippen LogP contribution in [0.5, 0.6) is 5.75 Å². The van der Waals surface area contributed by atoms with E-state index in [0.717, 1.165) is 17.5 Å². The molecule has 2 rings (SSSR count). The van der Waals surface area contributed by atoms with Crippen molar-refractivity contribution in [3.63, 3.8) is 0 Å². The second-order valence-corrected chi connectivity index (χ2v) is 5.22. The van der Waals surface area contributed by atoms with Crippen LogP contribution < -0.4 is 10.1 Å². The molecule has 0 spiro atoms. The molecule has 0 aromatic heterocycles. The van der Waals surface area contributed by atoms with Crippen molar-refractivity contribution in [3.05, 3.63) is 59.7 Å². The number of rotatable bonds is 5. The molecule has 0 radical (unpaired) electrons. The molecule has 1 atom stereocenters. The Labute approximate surface area is 123 Å². The molecule has 2 nitrogen and oxygen atoms in total. The molecule has 0 bridgehead atoms. The minimum absolute atomic E-state index is 0.121. The lowest BCUT2D eigenvalue weighted by Gasteiger charge is -2.17. The van der Waals surface area contributed by atoms with Gasteiger partial charge in [0.15, 0.2) is 0 Å². The van der Waals surface area contributed by atoms with Gasteiger partial charge in [-0.3, -0.25) is 0 Å². The SMILES string of the molecule is CC(C)Oc1ccc(NC(C)c2ccc(F)cc2F)cc1. The Kier molecular flexibility index (Phi) is 4.78. The number of ether oxygens (including phenoxy) is 1. The highest BCUT2D eigenvalue weighted by atomic mass is 19.1.